The molecule has 0 aromatic heterocycles. The molecule has 1 atom stereocenters. The Morgan fingerprint density at radius 1 is 1.43 bits per heavy atom. The first-order chi connectivity index (χ1) is 6.52. The molecule has 0 saturated heterocycles. The van der Waals surface area contributed by atoms with E-state index in [1.54, 1.807) is 20.8 Å². The lowest BCUT2D eigenvalue weighted by molar-refractivity contribution is -0.123. The molecule has 0 bridgehead atoms. The van der Waals surface area contributed by atoms with Crippen LogP contribution in [-0.2, 0) is 4.79 Å². The van der Waals surface area contributed by atoms with Gasteiger partial charge in [-0.05, 0) is 12.8 Å². The standard InChI is InChI=1S/C9H15N3O2/c1-4-11-9(14)12-8(13)7(5-10)6(2)3/h6-7H,4H2,1-3H3,(H2,11,12,13,14). The highest BCUT2D eigenvalue weighted by molar-refractivity contribution is 5.96. The first kappa shape index (κ1) is 12.4. The Hall–Kier alpha value is -1.57. The van der Waals surface area contributed by atoms with E-state index >= 15 is 0 Å². The van der Waals surface area contributed by atoms with Gasteiger partial charge in [-0.2, -0.15) is 5.26 Å². The van der Waals surface area contributed by atoms with Crippen LogP contribution in [0, 0.1) is 23.2 Å². The van der Waals surface area contributed by atoms with Crippen LogP contribution < -0.4 is 10.6 Å². The lowest BCUT2D eigenvalue weighted by Gasteiger charge is -2.12. The summed E-state index contributed by atoms with van der Waals surface area (Å²) in [5, 5.41) is 13.2. The van der Waals surface area contributed by atoms with Crippen molar-refractivity contribution in [2.24, 2.45) is 11.8 Å². The highest BCUT2D eigenvalue weighted by atomic mass is 16.2. The fraction of sp³-hybridized carbons (Fsp3) is 0.667. The molecule has 0 aromatic rings. The van der Waals surface area contributed by atoms with Gasteiger partial charge in [0.1, 0.15) is 5.92 Å². The zero-order valence-corrected chi connectivity index (χ0v) is 8.63. The van der Waals surface area contributed by atoms with Crippen molar-refractivity contribution in [2.75, 3.05) is 6.54 Å². The maximum atomic E-state index is 11.3. The Morgan fingerprint density at radius 3 is 2.36 bits per heavy atom. The van der Waals surface area contributed by atoms with Crippen molar-refractivity contribution < 1.29 is 9.59 Å². The van der Waals surface area contributed by atoms with Gasteiger partial charge in [-0.15, -0.1) is 0 Å². The van der Waals surface area contributed by atoms with Crippen LogP contribution >= 0.6 is 0 Å². The number of nitrogens with zero attached hydrogens (tertiary/aromatic N) is 1. The van der Waals surface area contributed by atoms with E-state index in [4.69, 9.17) is 5.26 Å². The number of hydrogen-bond acceptors (Lipinski definition) is 3. The lowest BCUT2D eigenvalue weighted by atomic mass is 9.97. The summed E-state index contributed by atoms with van der Waals surface area (Å²) >= 11 is 0. The molecule has 0 radical (unpaired) electrons. The number of amides is 3. The van der Waals surface area contributed by atoms with Gasteiger partial charge in [0.25, 0.3) is 0 Å². The van der Waals surface area contributed by atoms with Gasteiger partial charge in [-0.1, -0.05) is 13.8 Å². The summed E-state index contributed by atoms with van der Waals surface area (Å²) in [5.74, 6) is -1.43. The van der Waals surface area contributed by atoms with Gasteiger partial charge in [0.05, 0.1) is 6.07 Å². The molecule has 0 aliphatic carbocycles. The number of hydrogen-bond donors (Lipinski definition) is 2. The maximum Gasteiger partial charge on any atom is 0.321 e. The Labute approximate surface area is 83.5 Å². The van der Waals surface area contributed by atoms with Crippen molar-refractivity contribution in [3.05, 3.63) is 0 Å². The lowest BCUT2D eigenvalue weighted by Crippen LogP contribution is -2.43. The van der Waals surface area contributed by atoms with Crippen molar-refractivity contribution >= 4 is 11.9 Å². The first-order valence-corrected chi connectivity index (χ1v) is 4.51. The molecule has 0 aromatic carbocycles. The SMILES string of the molecule is CCNC(=O)NC(=O)C(C#N)C(C)C. The van der Waals surface area contributed by atoms with Gasteiger partial charge in [-0.3, -0.25) is 10.1 Å². The van der Waals surface area contributed by atoms with E-state index in [1.807, 2.05) is 6.07 Å². The van der Waals surface area contributed by atoms with Crippen molar-refractivity contribution in [3.8, 4) is 6.07 Å². The Balaban J connectivity index is 4.20. The van der Waals surface area contributed by atoms with Gasteiger partial charge in [0.2, 0.25) is 5.91 Å². The van der Waals surface area contributed by atoms with E-state index in [-0.39, 0.29) is 5.92 Å². The summed E-state index contributed by atoms with van der Waals surface area (Å²) in [6, 6.07) is 1.30. The quantitative estimate of drug-likeness (QED) is 0.696. The van der Waals surface area contributed by atoms with Crippen molar-refractivity contribution in [1.29, 1.82) is 5.26 Å². The van der Waals surface area contributed by atoms with Crippen molar-refractivity contribution in [2.45, 2.75) is 20.8 Å². The fourth-order valence-corrected chi connectivity index (χ4v) is 0.905. The van der Waals surface area contributed by atoms with Crippen molar-refractivity contribution in [3.63, 3.8) is 0 Å². The topological polar surface area (TPSA) is 82.0 Å². The van der Waals surface area contributed by atoms with Gasteiger partial charge in [-0.25, -0.2) is 4.79 Å². The molecule has 5 nitrogen and oxygen atoms in total. The second-order valence-electron chi connectivity index (χ2n) is 3.20. The number of rotatable bonds is 3. The molecular weight excluding hydrogens is 182 g/mol. The van der Waals surface area contributed by atoms with E-state index in [0.29, 0.717) is 6.54 Å². The number of nitrogens with one attached hydrogen (secondary N) is 2. The number of nitriles is 1. The number of urea groups is 1. The Bertz CT molecular complexity index is 255. The van der Waals surface area contributed by atoms with E-state index in [2.05, 4.69) is 10.6 Å². The largest absolute Gasteiger partial charge is 0.338 e. The molecule has 14 heavy (non-hydrogen) atoms. The van der Waals surface area contributed by atoms with Crippen LogP contribution in [-0.4, -0.2) is 18.5 Å². The van der Waals surface area contributed by atoms with Crippen LogP contribution in [0.4, 0.5) is 4.79 Å². The zero-order valence-electron chi connectivity index (χ0n) is 8.63. The van der Waals surface area contributed by atoms with Gasteiger partial charge in [0.15, 0.2) is 0 Å². The van der Waals surface area contributed by atoms with Gasteiger partial charge >= 0.3 is 6.03 Å². The molecule has 3 amide bonds. The van der Waals surface area contributed by atoms with Gasteiger partial charge < -0.3 is 5.32 Å². The number of carbonyl (C=O) groups is 2. The second kappa shape index (κ2) is 5.97. The third-order valence-corrected chi connectivity index (χ3v) is 1.66. The molecule has 0 rings (SSSR count). The van der Waals surface area contributed by atoms with E-state index in [1.165, 1.54) is 0 Å². The Morgan fingerprint density at radius 2 is 2.00 bits per heavy atom. The van der Waals surface area contributed by atoms with E-state index < -0.39 is 17.9 Å². The minimum absolute atomic E-state index is 0.102. The van der Waals surface area contributed by atoms with Crippen LogP contribution in [0.25, 0.3) is 0 Å². The predicted molar refractivity (Wildman–Crippen MR) is 51.2 cm³/mol. The second-order valence-corrected chi connectivity index (χ2v) is 3.20. The average Bonchev–Trinajstić information content (AvgIpc) is 2.04. The van der Waals surface area contributed by atoms with E-state index in [9.17, 15) is 9.59 Å². The zero-order chi connectivity index (χ0) is 11.1. The van der Waals surface area contributed by atoms with Crippen LogP contribution in [0.15, 0.2) is 0 Å². The summed E-state index contributed by atoms with van der Waals surface area (Å²) < 4.78 is 0. The summed E-state index contributed by atoms with van der Waals surface area (Å²) in [4.78, 5) is 22.3. The fourth-order valence-electron chi connectivity index (χ4n) is 0.905. The predicted octanol–water partition coefficient (Wildman–Crippen LogP) is 0.628. The molecule has 0 aliphatic heterocycles. The molecule has 2 N–H and O–H groups in total. The minimum atomic E-state index is -0.780. The van der Waals surface area contributed by atoms with Crippen LogP contribution in [0.5, 0.6) is 0 Å². The summed E-state index contributed by atoms with van der Waals surface area (Å²) in [5.41, 5.74) is 0. The first-order valence-electron chi connectivity index (χ1n) is 4.51. The van der Waals surface area contributed by atoms with E-state index in [0.717, 1.165) is 0 Å². The molecule has 5 heteroatoms. The molecule has 0 saturated carbocycles. The van der Waals surface area contributed by atoms with Crippen LogP contribution in [0.1, 0.15) is 20.8 Å². The molecule has 0 fully saturated rings. The van der Waals surface area contributed by atoms with Crippen LogP contribution in [0.2, 0.25) is 0 Å². The summed E-state index contributed by atoms with van der Waals surface area (Å²) in [7, 11) is 0. The smallest absolute Gasteiger partial charge is 0.321 e. The molecule has 0 heterocycles. The highest BCUT2D eigenvalue weighted by Gasteiger charge is 2.22. The summed E-state index contributed by atoms with van der Waals surface area (Å²) in [6.45, 7) is 5.70. The third kappa shape index (κ3) is 3.90. The van der Waals surface area contributed by atoms with Crippen LogP contribution in [0.3, 0.4) is 0 Å². The normalized spacial score (nSPS) is 11.6. The third-order valence-electron chi connectivity index (χ3n) is 1.66. The molecule has 78 valence electrons. The summed E-state index contributed by atoms with van der Waals surface area (Å²) in [6.07, 6.45) is 0. The number of imide groups is 1. The highest BCUT2D eigenvalue weighted by Crippen LogP contribution is 2.08. The molecular formula is C9H15N3O2. The molecule has 0 spiro atoms. The minimum Gasteiger partial charge on any atom is -0.338 e. The maximum absolute atomic E-state index is 11.3. The average molecular weight is 197 g/mol. The molecule has 1 unspecified atom stereocenters. The van der Waals surface area contributed by atoms with Gasteiger partial charge in [0, 0.05) is 6.54 Å². The van der Waals surface area contributed by atoms with Crippen molar-refractivity contribution in [1.82, 2.24) is 10.6 Å². The molecule has 0 aliphatic rings. The number of carbonyl (C=O) groups excluding carboxylic acids is 2. The monoisotopic (exact) mass is 197 g/mol. The Kier molecular flexibility index (Phi) is 5.30.